The van der Waals surface area contributed by atoms with Crippen LogP contribution < -0.4 is 10.1 Å². The molecule has 31 heavy (non-hydrogen) atoms. The lowest BCUT2D eigenvalue weighted by Crippen LogP contribution is -2.22. The summed E-state index contributed by atoms with van der Waals surface area (Å²) < 4.78 is 34.6. The molecule has 0 saturated heterocycles. The van der Waals surface area contributed by atoms with E-state index in [-0.39, 0.29) is 17.3 Å². The third kappa shape index (κ3) is 4.30. The summed E-state index contributed by atoms with van der Waals surface area (Å²) in [7, 11) is 5.09. The Hall–Kier alpha value is -4.01. The second kappa shape index (κ2) is 8.02. The van der Waals surface area contributed by atoms with Gasteiger partial charge in [0.05, 0.1) is 11.0 Å². The second-order valence-corrected chi connectivity index (χ2v) is 7.11. The molecule has 2 heterocycles. The zero-order valence-corrected chi connectivity index (χ0v) is 17.1. The number of carbonyl (C=O) groups is 1. The smallest absolute Gasteiger partial charge is 0.272 e. The number of ether oxygens (including phenoxy) is 1. The van der Waals surface area contributed by atoms with Crippen molar-refractivity contribution in [3.8, 4) is 11.5 Å². The Morgan fingerprint density at radius 2 is 1.74 bits per heavy atom. The molecule has 0 aliphatic carbocycles. The average Bonchev–Trinajstić information content (AvgIpc) is 3.01. The van der Waals surface area contributed by atoms with E-state index in [4.69, 9.17) is 4.74 Å². The Kier molecular flexibility index (Phi) is 5.24. The molecule has 2 aromatic carbocycles. The summed E-state index contributed by atoms with van der Waals surface area (Å²) in [4.78, 5) is 22.1. The quantitative estimate of drug-likeness (QED) is 0.512. The highest BCUT2D eigenvalue weighted by Crippen LogP contribution is 2.28. The number of amides is 1. The van der Waals surface area contributed by atoms with E-state index in [2.05, 4.69) is 15.3 Å². The van der Waals surface area contributed by atoms with E-state index in [1.807, 2.05) is 6.07 Å². The van der Waals surface area contributed by atoms with Gasteiger partial charge in [-0.05, 0) is 30.3 Å². The number of aromatic nitrogens is 3. The number of anilines is 2. The van der Waals surface area contributed by atoms with Gasteiger partial charge in [0.15, 0.2) is 0 Å². The number of aryl methyl sites for hydroxylation is 1. The summed E-state index contributed by atoms with van der Waals surface area (Å²) >= 11 is 0. The Labute approximate surface area is 176 Å². The number of carbonyl (C=O) groups excluding carboxylic acids is 1. The molecular formula is C22H19F2N5O2. The van der Waals surface area contributed by atoms with Gasteiger partial charge in [-0.3, -0.25) is 9.78 Å². The van der Waals surface area contributed by atoms with Crippen molar-refractivity contribution in [3.05, 3.63) is 72.1 Å². The van der Waals surface area contributed by atoms with E-state index in [0.29, 0.717) is 23.0 Å². The van der Waals surface area contributed by atoms with E-state index in [0.717, 1.165) is 11.6 Å². The summed E-state index contributed by atoms with van der Waals surface area (Å²) in [6.45, 7) is 0. The maximum Gasteiger partial charge on any atom is 0.272 e. The first-order valence-corrected chi connectivity index (χ1v) is 9.35. The molecule has 0 saturated carbocycles. The van der Waals surface area contributed by atoms with Crippen LogP contribution in [0.5, 0.6) is 11.5 Å². The number of pyridine rings is 1. The molecule has 0 bridgehead atoms. The number of rotatable bonds is 5. The fourth-order valence-electron chi connectivity index (χ4n) is 3.07. The van der Waals surface area contributed by atoms with E-state index in [1.165, 1.54) is 23.2 Å². The largest absolute Gasteiger partial charge is 0.457 e. The normalized spacial score (nSPS) is 10.9. The number of nitrogens with zero attached hydrogens (tertiary/aromatic N) is 4. The SMILES string of the molecule is CN(C)C(=O)c1cc(Oc2ccc3c(c2)nc(Nc2cc(F)cc(F)c2)n3C)ccn1. The fraction of sp³-hybridized carbons (Fsp3) is 0.136. The van der Waals surface area contributed by atoms with Crippen LogP contribution in [0.15, 0.2) is 54.7 Å². The summed E-state index contributed by atoms with van der Waals surface area (Å²) in [5.74, 6) is -0.189. The highest BCUT2D eigenvalue weighted by atomic mass is 19.1. The van der Waals surface area contributed by atoms with Gasteiger partial charge in [-0.25, -0.2) is 13.8 Å². The van der Waals surface area contributed by atoms with Crippen LogP contribution in [0, 0.1) is 11.6 Å². The van der Waals surface area contributed by atoms with E-state index in [9.17, 15) is 13.6 Å². The maximum atomic E-state index is 13.5. The third-order valence-corrected chi connectivity index (χ3v) is 4.56. The van der Waals surface area contributed by atoms with Crippen LogP contribution in [0.1, 0.15) is 10.5 Å². The number of halogens is 2. The van der Waals surface area contributed by atoms with Crippen LogP contribution in [0.3, 0.4) is 0 Å². The molecular weight excluding hydrogens is 404 g/mol. The fourth-order valence-corrected chi connectivity index (χ4v) is 3.07. The molecule has 0 spiro atoms. The van der Waals surface area contributed by atoms with Crippen molar-refractivity contribution in [2.24, 2.45) is 7.05 Å². The van der Waals surface area contributed by atoms with Gasteiger partial charge in [0, 0.05) is 51.2 Å². The summed E-state index contributed by atoms with van der Waals surface area (Å²) in [5, 5.41) is 2.92. The van der Waals surface area contributed by atoms with E-state index in [1.54, 1.807) is 50.0 Å². The molecule has 9 heteroatoms. The lowest BCUT2D eigenvalue weighted by molar-refractivity contribution is 0.0821. The molecule has 2 aromatic heterocycles. The Balaban J connectivity index is 1.60. The molecule has 1 N–H and O–H groups in total. The maximum absolute atomic E-state index is 13.5. The van der Waals surface area contributed by atoms with Crippen molar-refractivity contribution in [2.45, 2.75) is 0 Å². The first kappa shape index (κ1) is 20.3. The lowest BCUT2D eigenvalue weighted by Gasteiger charge is -2.11. The second-order valence-electron chi connectivity index (χ2n) is 7.11. The first-order valence-electron chi connectivity index (χ1n) is 9.35. The summed E-state index contributed by atoms with van der Waals surface area (Å²) in [6.07, 6.45) is 1.51. The van der Waals surface area contributed by atoms with Crippen LogP contribution in [-0.4, -0.2) is 39.4 Å². The minimum atomic E-state index is -0.679. The van der Waals surface area contributed by atoms with Crippen molar-refractivity contribution in [2.75, 3.05) is 19.4 Å². The molecule has 4 rings (SSSR count). The predicted octanol–water partition coefficient (Wildman–Crippen LogP) is 4.48. The van der Waals surface area contributed by atoms with E-state index < -0.39 is 11.6 Å². The van der Waals surface area contributed by atoms with Gasteiger partial charge in [-0.15, -0.1) is 0 Å². The third-order valence-electron chi connectivity index (χ3n) is 4.56. The molecule has 0 unspecified atom stereocenters. The van der Waals surface area contributed by atoms with Crippen molar-refractivity contribution in [1.29, 1.82) is 0 Å². The lowest BCUT2D eigenvalue weighted by atomic mass is 10.3. The molecule has 158 valence electrons. The van der Waals surface area contributed by atoms with Crippen LogP contribution in [-0.2, 0) is 7.05 Å². The Bertz CT molecular complexity index is 1270. The number of nitrogens with one attached hydrogen (secondary N) is 1. The number of fused-ring (bicyclic) bond motifs is 1. The van der Waals surface area contributed by atoms with Gasteiger partial charge in [0.25, 0.3) is 5.91 Å². The number of imidazole rings is 1. The van der Waals surface area contributed by atoms with Crippen molar-refractivity contribution in [3.63, 3.8) is 0 Å². The Morgan fingerprint density at radius 3 is 2.45 bits per heavy atom. The monoisotopic (exact) mass is 423 g/mol. The topological polar surface area (TPSA) is 72.3 Å². The number of hydrogen-bond acceptors (Lipinski definition) is 5. The van der Waals surface area contributed by atoms with Crippen molar-refractivity contribution in [1.82, 2.24) is 19.4 Å². The first-order chi connectivity index (χ1) is 14.8. The minimum Gasteiger partial charge on any atom is -0.457 e. The summed E-state index contributed by atoms with van der Waals surface area (Å²) in [6, 6.07) is 11.7. The van der Waals surface area contributed by atoms with Gasteiger partial charge < -0.3 is 19.5 Å². The number of hydrogen-bond donors (Lipinski definition) is 1. The van der Waals surface area contributed by atoms with Gasteiger partial charge in [-0.1, -0.05) is 0 Å². The zero-order chi connectivity index (χ0) is 22.1. The molecule has 1 amide bonds. The van der Waals surface area contributed by atoms with Gasteiger partial charge in [0.1, 0.15) is 28.8 Å². The zero-order valence-electron chi connectivity index (χ0n) is 17.1. The van der Waals surface area contributed by atoms with Crippen molar-refractivity contribution < 1.29 is 18.3 Å². The van der Waals surface area contributed by atoms with E-state index >= 15 is 0 Å². The van der Waals surface area contributed by atoms with Crippen LogP contribution in [0.4, 0.5) is 20.4 Å². The predicted molar refractivity (Wildman–Crippen MR) is 113 cm³/mol. The molecule has 0 atom stereocenters. The summed E-state index contributed by atoms with van der Waals surface area (Å²) in [5.41, 5.74) is 1.94. The van der Waals surface area contributed by atoms with Crippen LogP contribution >= 0.6 is 0 Å². The molecule has 7 nitrogen and oxygen atoms in total. The van der Waals surface area contributed by atoms with Gasteiger partial charge in [-0.2, -0.15) is 0 Å². The molecule has 0 aliphatic heterocycles. The molecule has 0 aliphatic rings. The number of benzene rings is 2. The minimum absolute atomic E-state index is 0.227. The highest BCUT2D eigenvalue weighted by Gasteiger charge is 2.13. The standard InChI is InChI=1S/C22H19F2N5O2/c1-28(2)21(30)19-12-17(6-7-25-19)31-16-4-5-20-18(11-16)27-22(29(20)3)26-15-9-13(23)8-14(24)10-15/h4-12H,1-3H3,(H,26,27). The molecule has 4 aromatic rings. The highest BCUT2D eigenvalue weighted by molar-refractivity contribution is 5.92. The van der Waals surface area contributed by atoms with Gasteiger partial charge >= 0.3 is 0 Å². The molecule has 0 fully saturated rings. The molecule has 0 radical (unpaired) electrons. The average molecular weight is 423 g/mol. The van der Waals surface area contributed by atoms with Crippen LogP contribution in [0.2, 0.25) is 0 Å². The van der Waals surface area contributed by atoms with Crippen molar-refractivity contribution >= 4 is 28.6 Å². The van der Waals surface area contributed by atoms with Gasteiger partial charge in [0.2, 0.25) is 5.95 Å². The van der Waals surface area contributed by atoms with Crippen LogP contribution in [0.25, 0.3) is 11.0 Å². The Morgan fingerprint density at radius 1 is 1.03 bits per heavy atom.